The van der Waals surface area contributed by atoms with Crippen LogP contribution in [0.5, 0.6) is 5.75 Å². The Hall–Kier alpha value is -2.44. The Bertz CT molecular complexity index is 607. The van der Waals surface area contributed by atoms with E-state index < -0.39 is 6.61 Å². The maximum atomic E-state index is 12.4. The highest BCUT2D eigenvalue weighted by atomic mass is 19.3. The number of para-hydroxylation sites is 2. The third kappa shape index (κ3) is 4.01. The molecule has 0 aliphatic carbocycles. The summed E-state index contributed by atoms with van der Waals surface area (Å²) in [7, 11) is 0. The zero-order valence-electron chi connectivity index (χ0n) is 11.7. The van der Waals surface area contributed by atoms with Gasteiger partial charge in [0.1, 0.15) is 11.6 Å². The van der Waals surface area contributed by atoms with Gasteiger partial charge in [0.25, 0.3) is 0 Å². The molecule has 1 aromatic heterocycles. The number of nitrogens with zero attached hydrogens (tertiary/aromatic N) is 2. The van der Waals surface area contributed by atoms with Crippen molar-refractivity contribution in [3.05, 3.63) is 36.0 Å². The van der Waals surface area contributed by atoms with E-state index >= 15 is 0 Å². The molecule has 0 aliphatic heterocycles. The number of ether oxygens (including phenoxy) is 1. The number of aromatic nitrogens is 2. The van der Waals surface area contributed by atoms with Crippen LogP contribution in [-0.4, -0.2) is 23.1 Å². The molecule has 112 valence electrons. The number of hydrogen-bond donors (Lipinski definition) is 2. The first kappa shape index (κ1) is 15.0. The number of benzene rings is 1. The van der Waals surface area contributed by atoms with Gasteiger partial charge < -0.3 is 15.4 Å². The van der Waals surface area contributed by atoms with E-state index in [1.807, 2.05) is 13.8 Å². The summed E-state index contributed by atoms with van der Waals surface area (Å²) in [5, 5.41) is 5.99. The van der Waals surface area contributed by atoms with Crippen LogP contribution in [0.25, 0.3) is 0 Å². The molecule has 0 saturated carbocycles. The molecule has 2 rings (SSSR count). The summed E-state index contributed by atoms with van der Waals surface area (Å²) >= 11 is 0. The van der Waals surface area contributed by atoms with Gasteiger partial charge in [0.05, 0.1) is 5.69 Å². The Morgan fingerprint density at radius 3 is 2.76 bits per heavy atom. The van der Waals surface area contributed by atoms with E-state index in [9.17, 15) is 8.78 Å². The van der Waals surface area contributed by atoms with Gasteiger partial charge in [0.15, 0.2) is 0 Å². The second kappa shape index (κ2) is 6.83. The Balaban J connectivity index is 2.27. The second-order valence-corrected chi connectivity index (χ2v) is 4.26. The highest BCUT2D eigenvalue weighted by Crippen LogP contribution is 2.29. The molecule has 0 spiro atoms. The van der Waals surface area contributed by atoms with Crippen molar-refractivity contribution in [2.24, 2.45) is 0 Å². The minimum absolute atomic E-state index is 0.0653. The topological polar surface area (TPSA) is 59.1 Å². The third-order valence-corrected chi connectivity index (χ3v) is 2.66. The third-order valence-electron chi connectivity index (χ3n) is 2.66. The van der Waals surface area contributed by atoms with Gasteiger partial charge in [-0.1, -0.05) is 12.1 Å². The van der Waals surface area contributed by atoms with Gasteiger partial charge >= 0.3 is 6.61 Å². The lowest BCUT2D eigenvalue weighted by atomic mass is 10.2. The number of nitrogens with one attached hydrogen (secondary N) is 2. The minimum Gasteiger partial charge on any atom is -0.433 e. The Morgan fingerprint density at radius 1 is 1.29 bits per heavy atom. The number of halogens is 2. The normalized spacial score (nSPS) is 10.5. The van der Waals surface area contributed by atoms with E-state index in [0.29, 0.717) is 24.0 Å². The molecule has 5 nitrogen and oxygen atoms in total. The molecule has 2 aromatic rings. The van der Waals surface area contributed by atoms with Crippen LogP contribution in [0.4, 0.5) is 26.2 Å². The maximum Gasteiger partial charge on any atom is 0.387 e. The first-order chi connectivity index (χ1) is 10.1. The Labute approximate surface area is 121 Å². The summed E-state index contributed by atoms with van der Waals surface area (Å²) in [4.78, 5) is 8.43. The lowest BCUT2D eigenvalue weighted by molar-refractivity contribution is -0.0493. The summed E-state index contributed by atoms with van der Waals surface area (Å²) in [5.74, 6) is 1.07. The number of anilines is 3. The molecule has 0 fully saturated rings. The molecule has 0 amide bonds. The minimum atomic E-state index is -2.88. The molecule has 0 saturated heterocycles. The van der Waals surface area contributed by atoms with Crippen molar-refractivity contribution in [2.45, 2.75) is 20.5 Å². The highest BCUT2D eigenvalue weighted by Gasteiger charge is 2.11. The maximum absolute atomic E-state index is 12.4. The molecule has 0 unspecified atom stereocenters. The zero-order valence-corrected chi connectivity index (χ0v) is 11.7. The van der Waals surface area contributed by atoms with Gasteiger partial charge in [-0.2, -0.15) is 13.8 Å². The Morgan fingerprint density at radius 2 is 2.05 bits per heavy atom. The van der Waals surface area contributed by atoms with Crippen molar-refractivity contribution in [3.63, 3.8) is 0 Å². The predicted octanol–water partition coefficient (Wildman–Crippen LogP) is 3.56. The lowest BCUT2D eigenvalue weighted by Gasteiger charge is -2.14. The molecule has 0 radical (unpaired) electrons. The molecule has 7 heteroatoms. The summed E-state index contributed by atoms with van der Waals surface area (Å²) in [5.41, 5.74) is 1.21. The summed E-state index contributed by atoms with van der Waals surface area (Å²) in [6, 6.07) is 6.46. The van der Waals surface area contributed by atoms with Crippen LogP contribution >= 0.6 is 0 Å². The van der Waals surface area contributed by atoms with Crippen LogP contribution in [0, 0.1) is 6.92 Å². The van der Waals surface area contributed by atoms with E-state index in [1.165, 1.54) is 6.07 Å². The van der Waals surface area contributed by atoms with Crippen LogP contribution < -0.4 is 15.4 Å². The molecular weight excluding hydrogens is 278 g/mol. The van der Waals surface area contributed by atoms with Crippen molar-refractivity contribution >= 4 is 17.5 Å². The first-order valence-electron chi connectivity index (χ1n) is 6.48. The lowest BCUT2D eigenvalue weighted by Crippen LogP contribution is -2.07. The molecule has 2 N–H and O–H groups in total. The molecular formula is C14H16F2N4O. The first-order valence-corrected chi connectivity index (χ1v) is 6.48. The summed E-state index contributed by atoms with van der Waals surface area (Å²) in [6.45, 7) is 1.57. The van der Waals surface area contributed by atoms with Gasteiger partial charge in [-0.3, -0.25) is 0 Å². The van der Waals surface area contributed by atoms with Crippen molar-refractivity contribution in [1.29, 1.82) is 0 Å². The van der Waals surface area contributed by atoms with Gasteiger partial charge in [-0.05, 0) is 26.0 Å². The standard InChI is InChI=1S/C14H16F2N4O/c1-3-17-14-18-8-9(2)12(20-14)19-10-6-4-5-7-11(10)21-13(15)16/h4-8,13H,3H2,1-2H3,(H2,17,18,19,20). The molecule has 1 heterocycles. The summed E-state index contributed by atoms with van der Waals surface area (Å²) in [6.07, 6.45) is 1.66. The van der Waals surface area contributed by atoms with E-state index in [2.05, 4.69) is 25.3 Å². The van der Waals surface area contributed by atoms with Crippen LogP contribution in [0.15, 0.2) is 30.5 Å². The monoisotopic (exact) mass is 294 g/mol. The average Bonchev–Trinajstić information content (AvgIpc) is 2.44. The van der Waals surface area contributed by atoms with E-state index in [-0.39, 0.29) is 5.75 Å². The van der Waals surface area contributed by atoms with Crippen LogP contribution in [0.1, 0.15) is 12.5 Å². The smallest absolute Gasteiger partial charge is 0.387 e. The van der Waals surface area contributed by atoms with E-state index in [1.54, 1.807) is 24.4 Å². The zero-order chi connectivity index (χ0) is 15.2. The van der Waals surface area contributed by atoms with Gasteiger partial charge in [-0.25, -0.2) is 4.98 Å². The molecule has 0 atom stereocenters. The van der Waals surface area contributed by atoms with Gasteiger partial charge in [-0.15, -0.1) is 0 Å². The van der Waals surface area contributed by atoms with E-state index in [4.69, 9.17) is 0 Å². The van der Waals surface area contributed by atoms with Crippen LogP contribution in [0.3, 0.4) is 0 Å². The second-order valence-electron chi connectivity index (χ2n) is 4.26. The van der Waals surface area contributed by atoms with Crippen molar-refractivity contribution < 1.29 is 13.5 Å². The predicted molar refractivity (Wildman–Crippen MR) is 77.3 cm³/mol. The molecule has 0 aliphatic rings. The van der Waals surface area contributed by atoms with Crippen LogP contribution in [0.2, 0.25) is 0 Å². The number of aryl methyl sites for hydroxylation is 1. The average molecular weight is 294 g/mol. The van der Waals surface area contributed by atoms with Crippen molar-refractivity contribution in [2.75, 3.05) is 17.2 Å². The summed E-state index contributed by atoms with van der Waals surface area (Å²) < 4.78 is 29.3. The Kier molecular flexibility index (Phi) is 4.86. The quantitative estimate of drug-likeness (QED) is 0.853. The largest absolute Gasteiger partial charge is 0.433 e. The van der Waals surface area contributed by atoms with Gasteiger partial charge in [0, 0.05) is 18.3 Å². The van der Waals surface area contributed by atoms with Gasteiger partial charge in [0.2, 0.25) is 5.95 Å². The van der Waals surface area contributed by atoms with Crippen LogP contribution in [-0.2, 0) is 0 Å². The fraction of sp³-hybridized carbons (Fsp3) is 0.286. The van der Waals surface area contributed by atoms with Crippen molar-refractivity contribution in [1.82, 2.24) is 9.97 Å². The number of hydrogen-bond acceptors (Lipinski definition) is 5. The number of alkyl halides is 2. The van der Waals surface area contributed by atoms with Crippen molar-refractivity contribution in [3.8, 4) is 5.75 Å². The highest BCUT2D eigenvalue weighted by molar-refractivity contribution is 5.66. The SMILES string of the molecule is CCNc1ncc(C)c(Nc2ccccc2OC(F)F)n1. The van der Waals surface area contributed by atoms with E-state index in [0.717, 1.165) is 5.56 Å². The fourth-order valence-corrected chi connectivity index (χ4v) is 1.71. The molecule has 1 aromatic carbocycles. The number of rotatable bonds is 6. The fourth-order valence-electron chi connectivity index (χ4n) is 1.71. The molecule has 0 bridgehead atoms. The molecule has 21 heavy (non-hydrogen) atoms.